The van der Waals surface area contributed by atoms with Crippen molar-refractivity contribution >= 4 is 29.2 Å². The molecule has 5 heterocycles. The van der Waals surface area contributed by atoms with Crippen molar-refractivity contribution in [3.63, 3.8) is 0 Å². The van der Waals surface area contributed by atoms with Gasteiger partial charge >= 0.3 is 0 Å². The Hall–Kier alpha value is -5.12. The van der Waals surface area contributed by atoms with E-state index >= 15 is 0 Å². The van der Waals surface area contributed by atoms with Crippen LogP contribution >= 0.6 is 11.6 Å². The van der Waals surface area contributed by atoms with Gasteiger partial charge in [-0.1, -0.05) is 54.1 Å². The van der Waals surface area contributed by atoms with E-state index in [1.165, 1.54) is 5.56 Å². The summed E-state index contributed by atoms with van der Waals surface area (Å²) in [6.07, 6.45) is 12.5. The third-order valence-corrected chi connectivity index (χ3v) is 10.0. The Balaban J connectivity index is 0.851. The maximum atomic E-state index is 13.2. The normalized spacial score (nSPS) is 15.8. The fourth-order valence-electron chi connectivity index (χ4n) is 6.80. The van der Waals surface area contributed by atoms with E-state index in [9.17, 15) is 9.59 Å². The minimum atomic E-state index is -0.142. The van der Waals surface area contributed by atoms with Crippen LogP contribution in [0.15, 0.2) is 110 Å². The van der Waals surface area contributed by atoms with Crippen molar-refractivity contribution in [1.29, 1.82) is 0 Å². The summed E-state index contributed by atoms with van der Waals surface area (Å²) in [4.78, 5) is 44.1. The van der Waals surface area contributed by atoms with Crippen LogP contribution in [-0.4, -0.2) is 69.9 Å². The Morgan fingerprint density at radius 1 is 0.700 bits per heavy atom. The van der Waals surface area contributed by atoms with Crippen molar-refractivity contribution < 1.29 is 9.59 Å². The first-order valence-corrected chi connectivity index (χ1v) is 17.6. The average molecular weight is 686 g/mol. The summed E-state index contributed by atoms with van der Waals surface area (Å²) in [7, 11) is 0. The van der Waals surface area contributed by atoms with Gasteiger partial charge in [-0.25, -0.2) is 4.98 Å². The number of benzene rings is 2. The highest BCUT2D eigenvalue weighted by atomic mass is 35.5. The molecule has 2 fully saturated rings. The summed E-state index contributed by atoms with van der Waals surface area (Å²) in [6.45, 7) is 4.28. The fourth-order valence-corrected chi connectivity index (χ4v) is 7.12. The Bertz CT molecular complexity index is 1910. The monoisotopic (exact) mass is 685 g/mol. The molecule has 2 aliphatic heterocycles. The third-order valence-electron chi connectivity index (χ3n) is 9.63. The quantitative estimate of drug-likeness (QED) is 0.179. The maximum Gasteiger partial charge on any atom is 0.253 e. The number of piperidine rings is 2. The molecule has 0 bridgehead atoms. The second-order valence-corrected chi connectivity index (χ2v) is 13.4. The van der Waals surface area contributed by atoms with Gasteiger partial charge in [-0.05, 0) is 73.2 Å². The molecule has 254 valence electrons. The molecule has 2 N–H and O–H groups in total. The molecular weight excluding hydrogens is 646 g/mol. The van der Waals surface area contributed by atoms with Crippen molar-refractivity contribution in [3.05, 3.63) is 132 Å². The van der Waals surface area contributed by atoms with E-state index < -0.39 is 0 Å². The van der Waals surface area contributed by atoms with Gasteiger partial charge in [0.1, 0.15) is 5.82 Å². The summed E-state index contributed by atoms with van der Waals surface area (Å²) in [5.74, 6) is 0.784. The number of carbonyl (C=O) groups is 2. The molecule has 2 amide bonds. The van der Waals surface area contributed by atoms with Gasteiger partial charge in [0.25, 0.3) is 11.8 Å². The zero-order valence-electron chi connectivity index (χ0n) is 27.8. The topological polar surface area (TPSA) is 103 Å². The molecule has 0 atom stereocenters. The number of likely N-dealkylation sites (tertiary alicyclic amines) is 1. The lowest BCUT2D eigenvalue weighted by Crippen LogP contribution is -2.45. The van der Waals surface area contributed by atoms with Gasteiger partial charge in [0.15, 0.2) is 0 Å². The van der Waals surface area contributed by atoms with Gasteiger partial charge in [0.2, 0.25) is 0 Å². The van der Waals surface area contributed by atoms with Gasteiger partial charge in [-0.3, -0.25) is 24.5 Å². The van der Waals surface area contributed by atoms with Crippen LogP contribution in [0.25, 0.3) is 22.3 Å². The van der Waals surface area contributed by atoms with Crippen LogP contribution in [0.2, 0.25) is 5.02 Å². The Morgan fingerprint density at radius 3 is 2.04 bits per heavy atom. The zero-order chi connectivity index (χ0) is 34.3. The molecule has 50 heavy (non-hydrogen) atoms. The first-order valence-electron chi connectivity index (χ1n) is 17.2. The van der Waals surface area contributed by atoms with Crippen molar-refractivity contribution in [2.75, 3.05) is 31.1 Å². The van der Waals surface area contributed by atoms with Crippen molar-refractivity contribution in [3.8, 4) is 22.3 Å². The van der Waals surface area contributed by atoms with Gasteiger partial charge in [0, 0.05) is 98.0 Å². The number of hydrogen-bond acceptors (Lipinski definition) is 7. The highest BCUT2D eigenvalue weighted by molar-refractivity contribution is 6.36. The number of pyridine rings is 3. The standard InChI is InChI=1S/C40H40ClN7O2/c41-38-35(32-8-4-18-43-26-32)9-2-10-36(38)40(50)46-33-13-19-47(20-14-33)27-28-11-12-37(44-24-28)48-21-15-34(16-22-48)45-39(49)30-6-1-5-29(23-30)31-7-3-17-42-25-31/h1-12,17-18,23-26,33-34H,13-16,19-22,27H2,(H,45,49)(H,46,50). The number of aromatic nitrogens is 3. The van der Waals surface area contributed by atoms with Gasteiger partial charge in [-0.15, -0.1) is 0 Å². The Kier molecular flexibility index (Phi) is 10.4. The average Bonchev–Trinajstić information content (AvgIpc) is 3.17. The van der Waals surface area contributed by atoms with Crippen LogP contribution in [0.1, 0.15) is 52.0 Å². The maximum absolute atomic E-state index is 13.2. The minimum absolute atomic E-state index is 0.0425. The molecule has 0 radical (unpaired) electrons. The molecule has 2 aliphatic rings. The first kappa shape index (κ1) is 33.4. The molecule has 5 aromatic rings. The van der Waals surface area contributed by atoms with E-state index in [-0.39, 0.29) is 23.9 Å². The molecule has 2 saturated heterocycles. The van der Waals surface area contributed by atoms with Crippen LogP contribution in [-0.2, 0) is 6.54 Å². The van der Waals surface area contributed by atoms with E-state index in [1.807, 2.05) is 73.1 Å². The van der Waals surface area contributed by atoms with Crippen molar-refractivity contribution in [1.82, 2.24) is 30.5 Å². The largest absolute Gasteiger partial charge is 0.356 e. The molecule has 0 unspecified atom stereocenters. The van der Waals surface area contributed by atoms with E-state index in [1.54, 1.807) is 24.7 Å². The number of anilines is 1. The van der Waals surface area contributed by atoms with Crippen LogP contribution < -0.4 is 15.5 Å². The molecule has 3 aromatic heterocycles. The highest BCUT2D eigenvalue weighted by Gasteiger charge is 2.25. The van der Waals surface area contributed by atoms with Crippen LogP contribution in [0.4, 0.5) is 5.82 Å². The number of nitrogens with one attached hydrogen (secondary N) is 2. The smallest absolute Gasteiger partial charge is 0.253 e. The van der Waals surface area contributed by atoms with Crippen LogP contribution in [0.5, 0.6) is 0 Å². The van der Waals surface area contributed by atoms with E-state index in [0.717, 1.165) is 86.5 Å². The number of halogens is 1. The number of amides is 2. The second-order valence-electron chi connectivity index (χ2n) is 13.0. The van der Waals surface area contributed by atoms with E-state index in [2.05, 4.69) is 42.5 Å². The summed E-state index contributed by atoms with van der Waals surface area (Å²) in [5.41, 5.74) is 5.97. The second kappa shape index (κ2) is 15.6. The van der Waals surface area contributed by atoms with E-state index in [0.29, 0.717) is 16.1 Å². The molecule has 7 rings (SSSR count). The highest BCUT2D eigenvalue weighted by Crippen LogP contribution is 2.30. The molecule has 2 aromatic carbocycles. The van der Waals surface area contributed by atoms with E-state index in [4.69, 9.17) is 16.6 Å². The summed E-state index contributed by atoms with van der Waals surface area (Å²) >= 11 is 6.67. The summed E-state index contributed by atoms with van der Waals surface area (Å²) in [5, 5.41) is 6.88. The van der Waals surface area contributed by atoms with Gasteiger partial charge in [0.05, 0.1) is 10.6 Å². The molecule has 0 aliphatic carbocycles. The van der Waals surface area contributed by atoms with Crippen molar-refractivity contribution in [2.24, 2.45) is 0 Å². The van der Waals surface area contributed by atoms with Gasteiger partial charge in [-0.2, -0.15) is 0 Å². The Morgan fingerprint density at radius 2 is 1.36 bits per heavy atom. The predicted molar refractivity (Wildman–Crippen MR) is 197 cm³/mol. The molecular formula is C40H40ClN7O2. The number of carbonyl (C=O) groups excluding carboxylic acids is 2. The fraction of sp³-hybridized carbons (Fsp3) is 0.275. The minimum Gasteiger partial charge on any atom is -0.356 e. The number of rotatable bonds is 9. The van der Waals surface area contributed by atoms with Gasteiger partial charge < -0.3 is 15.5 Å². The lowest BCUT2D eigenvalue weighted by atomic mass is 10.0. The van der Waals surface area contributed by atoms with Crippen LogP contribution in [0, 0.1) is 0 Å². The summed E-state index contributed by atoms with van der Waals surface area (Å²) in [6, 6.07) is 25.4. The number of nitrogens with zero attached hydrogens (tertiary/aromatic N) is 5. The molecule has 10 heteroatoms. The zero-order valence-corrected chi connectivity index (χ0v) is 28.6. The molecule has 0 spiro atoms. The summed E-state index contributed by atoms with van der Waals surface area (Å²) < 4.78 is 0. The lowest BCUT2D eigenvalue weighted by molar-refractivity contribution is 0.0906. The lowest BCUT2D eigenvalue weighted by Gasteiger charge is -2.34. The van der Waals surface area contributed by atoms with Crippen molar-refractivity contribution in [2.45, 2.75) is 44.3 Å². The number of hydrogen-bond donors (Lipinski definition) is 2. The molecule has 0 saturated carbocycles. The predicted octanol–water partition coefficient (Wildman–Crippen LogP) is 6.65. The van der Waals surface area contributed by atoms with Crippen LogP contribution in [0.3, 0.4) is 0 Å². The molecule has 9 nitrogen and oxygen atoms in total. The SMILES string of the molecule is O=C(NC1CCN(c2ccc(CN3CCC(NC(=O)c4cccc(-c5cccnc5)c4Cl)CC3)cn2)CC1)c1cccc(-c2cccnc2)c1. The third kappa shape index (κ3) is 8.01. The first-order chi connectivity index (χ1) is 24.5. The Labute approximate surface area is 297 Å².